The number of benzene rings is 4. The third-order valence-electron chi connectivity index (χ3n) is 11.0. The average molecular weight is 549 g/mol. The molecule has 4 aliphatic rings. The summed E-state index contributed by atoms with van der Waals surface area (Å²) in [6.07, 6.45) is 5.03. The van der Waals surface area contributed by atoms with Gasteiger partial charge in [0, 0.05) is 38.3 Å². The first-order chi connectivity index (χ1) is 20.1. The molecule has 198 valence electrons. The molecule has 1 saturated carbocycles. The molecule has 2 unspecified atom stereocenters. The van der Waals surface area contributed by atoms with E-state index in [-0.39, 0.29) is 17.7 Å². The number of hydrogen-bond donors (Lipinski definition) is 0. The molecule has 0 radical (unpaired) electrons. The highest BCUT2D eigenvalue weighted by Gasteiger charge is 2.61. The molecule has 1 fully saturated rings. The van der Waals surface area contributed by atoms with Gasteiger partial charge in [0.15, 0.2) is 4.90 Å². The van der Waals surface area contributed by atoms with Gasteiger partial charge in [0.25, 0.3) is 6.71 Å². The number of para-hydroxylation sites is 2. The predicted octanol–water partition coefficient (Wildman–Crippen LogP) is 8.00. The molecule has 4 aromatic carbocycles. The average Bonchev–Trinajstić information content (AvgIpc) is 3.61. The molecule has 3 nitrogen and oxygen atoms in total. The van der Waals surface area contributed by atoms with Crippen LogP contribution >= 0.6 is 11.3 Å². The summed E-state index contributed by atoms with van der Waals surface area (Å²) in [5, 5.41) is 2.52. The van der Waals surface area contributed by atoms with E-state index in [0.717, 1.165) is 10.6 Å². The molecule has 0 bridgehead atoms. The number of rotatable bonds is 1. The van der Waals surface area contributed by atoms with Crippen LogP contribution in [0.3, 0.4) is 0 Å². The molecule has 0 saturated heterocycles. The third-order valence-corrected chi connectivity index (χ3v) is 12.1. The van der Waals surface area contributed by atoms with E-state index in [1.807, 2.05) is 0 Å². The van der Waals surface area contributed by atoms with Crippen molar-refractivity contribution in [1.29, 1.82) is 0 Å². The lowest BCUT2D eigenvalue weighted by Crippen LogP contribution is -2.64. The van der Waals surface area contributed by atoms with E-state index in [1.165, 1.54) is 86.1 Å². The Morgan fingerprint density at radius 3 is 2.46 bits per heavy atom. The molecule has 2 atom stereocenters. The van der Waals surface area contributed by atoms with E-state index >= 15 is 0 Å². The van der Waals surface area contributed by atoms with Crippen LogP contribution in [0, 0.1) is 0 Å². The van der Waals surface area contributed by atoms with Crippen molar-refractivity contribution in [2.45, 2.75) is 50.5 Å². The zero-order chi connectivity index (χ0) is 27.1. The SMILES string of the molecule is CC12CCCCC1(C)N1c3cccc4c3B(c3cccc2c31)c1oc2sc3ccccc3c2c1N4c1ccccc1. The number of fused-ring (bicyclic) bond motifs is 11. The molecule has 1 aliphatic carbocycles. The Kier molecular flexibility index (Phi) is 4.13. The maximum Gasteiger partial charge on any atom is 0.297 e. The van der Waals surface area contributed by atoms with Gasteiger partial charge in [-0.15, -0.1) is 0 Å². The van der Waals surface area contributed by atoms with E-state index in [9.17, 15) is 0 Å². The summed E-state index contributed by atoms with van der Waals surface area (Å²) in [4.78, 5) is 6.28. The summed E-state index contributed by atoms with van der Waals surface area (Å²) < 4.78 is 8.33. The van der Waals surface area contributed by atoms with Crippen molar-refractivity contribution in [3.05, 3.63) is 96.6 Å². The Balaban J connectivity index is 1.36. The molecule has 0 amide bonds. The van der Waals surface area contributed by atoms with E-state index in [1.54, 1.807) is 11.3 Å². The van der Waals surface area contributed by atoms with Gasteiger partial charge >= 0.3 is 0 Å². The van der Waals surface area contributed by atoms with Crippen molar-refractivity contribution in [3.8, 4) is 0 Å². The molecular formula is C36H29BN2OS. The minimum absolute atomic E-state index is 0.0430. The van der Waals surface area contributed by atoms with Crippen LogP contribution in [0.2, 0.25) is 0 Å². The standard InChI is InChI=1S/C36H29BN2OS/c1-35-20-8-9-21-36(35,2)39-27-18-11-17-26-30(27)37(25-16-10-15-24(35)31(25)39)33-32(38(26)22-12-4-3-5-13-22)29-23-14-6-7-19-28(23)41-34(29)40-33/h3-7,10-19H,8-9,20-21H2,1-2H3. The van der Waals surface area contributed by atoms with Crippen LogP contribution in [-0.2, 0) is 5.41 Å². The molecule has 10 rings (SSSR count). The molecule has 2 aromatic heterocycles. The second-order valence-electron chi connectivity index (χ2n) is 12.8. The summed E-state index contributed by atoms with van der Waals surface area (Å²) in [7, 11) is 0. The Labute approximate surface area is 244 Å². The highest BCUT2D eigenvalue weighted by molar-refractivity contribution is 7.25. The van der Waals surface area contributed by atoms with Crippen LogP contribution in [0.4, 0.5) is 28.4 Å². The summed E-state index contributed by atoms with van der Waals surface area (Å²) in [5.74, 6) is 0. The van der Waals surface area contributed by atoms with Crippen molar-refractivity contribution in [1.82, 2.24) is 0 Å². The number of hydrogen-bond acceptors (Lipinski definition) is 4. The van der Waals surface area contributed by atoms with Gasteiger partial charge in [-0.25, -0.2) is 0 Å². The fourth-order valence-electron chi connectivity index (χ4n) is 9.03. The minimum atomic E-state index is 0.0430. The zero-order valence-corrected chi connectivity index (χ0v) is 24.1. The van der Waals surface area contributed by atoms with Crippen LogP contribution in [0.5, 0.6) is 0 Å². The molecule has 5 heterocycles. The molecule has 5 heteroatoms. The van der Waals surface area contributed by atoms with Crippen molar-refractivity contribution in [2.24, 2.45) is 0 Å². The van der Waals surface area contributed by atoms with Crippen LogP contribution in [0.25, 0.3) is 20.4 Å². The Morgan fingerprint density at radius 2 is 1.56 bits per heavy atom. The lowest BCUT2D eigenvalue weighted by molar-refractivity contribution is 0.195. The van der Waals surface area contributed by atoms with Gasteiger partial charge in [0.1, 0.15) is 5.66 Å². The fourth-order valence-corrected chi connectivity index (χ4v) is 10.1. The monoisotopic (exact) mass is 548 g/mol. The molecule has 0 spiro atoms. The smallest absolute Gasteiger partial charge is 0.297 e. The van der Waals surface area contributed by atoms with Crippen molar-refractivity contribution in [2.75, 3.05) is 9.80 Å². The maximum absolute atomic E-state index is 7.06. The van der Waals surface area contributed by atoms with E-state index in [0.29, 0.717) is 0 Å². The van der Waals surface area contributed by atoms with Gasteiger partial charge in [-0.3, -0.25) is 0 Å². The second-order valence-corrected chi connectivity index (χ2v) is 13.8. The van der Waals surface area contributed by atoms with Gasteiger partial charge in [-0.2, -0.15) is 0 Å². The quantitative estimate of drug-likeness (QED) is 0.194. The van der Waals surface area contributed by atoms with E-state index in [4.69, 9.17) is 4.42 Å². The summed E-state index contributed by atoms with van der Waals surface area (Å²) >= 11 is 1.77. The first-order valence-corrected chi connectivity index (χ1v) is 15.8. The first-order valence-electron chi connectivity index (χ1n) is 15.0. The number of thiophene rings is 1. The van der Waals surface area contributed by atoms with E-state index in [2.05, 4.69) is 115 Å². The maximum atomic E-state index is 7.06. The van der Waals surface area contributed by atoms with Gasteiger partial charge in [-0.05, 0) is 66.6 Å². The summed E-state index contributed by atoms with van der Waals surface area (Å²) in [6.45, 7) is 5.14. The van der Waals surface area contributed by atoms with Crippen LogP contribution in [-0.4, -0.2) is 12.3 Å². The minimum Gasteiger partial charge on any atom is -0.457 e. The Bertz CT molecular complexity index is 2080. The van der Waals surface area contributed by atoms with Crippen LogP contribution in [0.1, 0.15) is 45.1 Å². The summed E-state index contributed by atoms with van der Waals surface area (Å²) in [5.41, 5.74) is 12.0. The fraction of sp³-hybridized carbons (Fsp3) is 0.222. The largest absolute Gasteiger partial charge is 0.457 e. The second kappa shape index (κ2) is 7.46. The van der Waals surface area contributed by atoms with Gasteiger partial charge in [0.05, 0.1) is 16.6 Å². The normalized spacial score (nSPS) is 23.5. The van der Waals surface area contributed by atoms with Gasteiger partial charge in [0.2, 0.25) is 0 Å². The molecule has 3 aliphatic heterocycles. The first kappa shape index (κ1) is 22.7. The lowest BCUT2D eigenvalue weighted by atomic mass is 9.35. The molecular weight excluding hydrogens is 519 g/mol. The molecule has 0 N–H and O–H groups in total. The third kappa shape index (κ3) is 2.51. The number of nitrogens with zero attached hydrogens (tertiary/aromatic N) is 2. The Hall–Kier alpha value is -3.96. The van der Waals surface area contributed by atoms with Crippen molar-refractivity contribution in [3.63, 3.8) is 0 Å². The van der Waals surface area contributed by atoms with Gasteiger partial charge in [-0.1, -0.05) is 91.8 Å². The van der Waals surface area contributed by atoms with Crippen LogP contribution < -0.4 is 26.4 Å². The number of furan rings is 1. The van der Waals surface area contributed by atoms with Crippen molar-refractivity contribution >= 4 is 83.4 Å². The zero-order valence-electron chi connectivity index (χ0n) is 23.3. The topological polar surface area (TPSA) is 19.6 Å². The Morgan fingerprint density at radius 1 is 0.780 bits per heavy atom. The predicted molar refractivity (Wildman–Crippen MR) is 174 cm³/mol. The lowest BCUT2D eigenvalue weighted by Gasteiger charge is -2.52. The number of anilines is 5. The van der Waals surface area contributed by atoms with Crippen LogP contribution in [0.15, 0.2) is 95.4 Å². The van der Waals surface area contributed by atoms with Gasteiger partial charge < -0.3 is 14.2 Å². The summed E-state index contributed by atoms with van der Waals surface area (Å²) in [6, 6.07) is 33.8. The highest BCUT2D eigenvalue weighted by atomic mass is 32.1. The van der Waals surface area contributed by atoms with Crippen molar-refractivity contribution < 1.29 is 4.42 Å². The highest BCUT2D eigenvalue weighted by Crippen LogP contribution is 2.61. The molecule has 6 aromatic rings. The molecule has 41 heavy (non-hydrogen) atoms. The van der Waals surface area contributed by atoms with E-state index < -0.39 is 0 Å².